The maximum absolute atomic E-state index is 11.2. The third-order valence-electron chi connectivity index (χ3n) is 2.86. The van der Waals surface area contributed by atoms with Gasteiger partial charge in [0.05, 0.1) is 11.0 Å². The van der Waals surface area contributed by atoms with E-state index in [2.05, 4.69) is 9.97 Å². The molecule has 2 aromatic heterocycles. The van der Waals surface area contributed by atoms with Gasteiger partial charge in [0, 0.05) is 6.20 Å². The molecule has 0 spiro atoms. The number of imidazole rings is 1. The molecule has 0 radical (unpaired) electrons. The van der Waals surface area contributed by atoms with E-state index in [0.717, 1.165) is 16.7 Å². The van der Waals surface area contributed by atoms with Crippen LogP contribution in [0, 0.1) is 0 Å². The normalized spacial score (nSPS) is 10.7. The van der Waals surface area contributed by atoms with Crippen LogP contribution in [0.5, 0.6) is 0 Å². The van der Waals surface area contributed by atoms with Crippen molar-refractivity contribution in [3.05, 3.63) is 48.7 Å². The Morgan fingerprint density at radius 3 is 2.68 bits per heavy atom. The highest BCUT2D eigenvalue weighted by molar-refractivity contribution is 5.83. The van der Waals surface area contributed by atoms with E-state index >= 15 is 0 Å². The number of hydrogen-bond acceptors (Lipinski definition) is 3. The van der Waals surface area contributed by atoms with Gasteiger partial charge in [0.25, 0.3) is 0 Å². The van der Waals surface area contributed by atoms with Gasteiger partial charge in [-0.15, -0.1) is 0 Å². The van der Waals surface area contributed by atoms with Gasteiger partial charge >= 0.3 is 0 Å². The number of nitrogens with two attached hydrogens (primary N) is 1. The van der Waals surface area contributed by atoms with Gasteiger partial charge in [-0.1, -0.05) is 18.2 Å². The number of pyridine rings is 1. The van der Waals surface area contributed by atoms with Crippen LogP contribution in [0.15, 0.2) is 48.7 Å². The third-order valence-corrected chi connectivity index (χ3v) is 2.86. The molecule has 0 fully saturated rings. The van der Waals surface area contributed by atoms with Crippen LogP contribution in [0.2, 0.25) is 0 Å². The molecular formula is C14H12N4O. The Balaban J connectivity index is 2.26. The van der Waals surface area contributed by atoms with E-state index in [4.69, 9.17) is 5.73 Å². The lowest BCUT2D eigenvalue weighted by Crippen LogP contribution is -2.19. The van der Waals surface area contributed by atoms with Crippen LogP contribution in [0.3, 0.4) is 0 Å². The molecule has 1 aromatic carbocycles. The number of rotatable bonds is 3. The number of carbonyl (C=O) groups is 1. The number of nitrogens with zero attached hydrogens (tertiary/aromatic N) is 3. The lowest BCUT2D eigenvalue weighted by molar-refractivity contribution is -0.118. The topological polar surface area (TPSA) is 73.8 Å². The predicted molar refractivity (Wildman–Crippen MR) is 72.2 cm³/mol. The van der Waals surface area contributed by atoms with Crippen LogP contribution in [-0.4, -0.2) is 20.4 Å². The van der Waals surface area contributed by atoms with Crippen molar-refractivity contribution in [2.24, 2.45) is 5.73 Å². The second kappa shape index (κ2) is 4.53. The minimum atomic E-state index is -0.402. The number of para-hydroxylation sites is 2. The van der Waals surface area contributed by atoms with Gasteiger partial charge in [-0.25, -0.2) is 4.98 Å². The summed E-state index contributed by atoms with van der Waals surface area (Å²) >= 11 is 0. The largest absolute Gasteiger partial charge is 0.368 e. The summed E-state index contributed by atoms with van der Waals surface area (Å²) in [5.74, 6) is 0.251. The molecule has 3 rings (SSSR count). The van der Waals surface area contributed by atoms with E-state index in [9.17, 15) is 4.79 Å². The Morgan fingerprint density at radius 1 is 1.16 bits per heavy atom. The van der Waals surface area contributed by atoms with Crippen LogP contribution in [0.1, 0.15) is 0 Å². The first-order valence-corrected chi connectivity index (χ1v) is 5.90. The number of benzene rings is 1. The second-order valence-corrected chi connectivity index (χ2v) is 4.19. The number of hydrogen-bond donors (Lipinski definition) is 1. The van der Waals surface area contributed by atoms with Gasteiger partial charge in [-0.3, -0.25) is 9.78 Å². The molecule has 5 nitrogen and oxygen atoms in total. The summed E-state index contributed by atoms with van der Waals surface area (Å²) in [6.45, 7) is 0.0897. The van der Waals surface area contributed by atoms with E-state index in [1.54, 1.807) is 10.8 Å². The predicted octanol–water partition coefficient (Wildman–Crippen LogP) is 1.58. The molecule has 3 aromatic rings. The zero-order chi connectivity index (χ0) is 13.2. The van der Waals surface area contributed by atoms with E-state index < -0.39 is 5.91 Å². The van der Waals surface area contributed by atoms with Gasteiger partial charge in [0.1, 0.15) is 12.2 Å². The fourth-order valence-corrected chi connectivity index (χ4v) is 2.08. The van der Waals surface area contributed by atoms with Crippen LogP contribution in [0.4, 0.5) is 0 Å². The van der Waals surface area contributed by atoms with Crippen molar-refractivity contribution in [1.29, 1.82) is 0 Å². The minimum Gasteiger partial charge on any atom is -0.368 e. The fourth-order valence-electron chi connectivity index (χ4n) is 2.08. The van der Waals surface area contributed by atoms with Crippen molar-refractivity contribution < 1.29 is 4.79 Å². The smallest absolute Gasteiger partial charge is 0.237 e. The highest BCUT2D eigenvalue weighted by Gasteiger charge is 2.14. The molecule has 94 valence electrons. The van der Waals surface area contributed by atoms with Crippen molar-refractivity contribution in [2.75, 3.05) is 0 Å². The molecule has 0 unspecified atom stereocenters. The fraction of sp³-hybridized carbons (Fsp3) is 0.0714. The monoisotopic (exact) mass is 252 g/mol. The first kappa shape index (κ1) is 11.4. The summed E-state index contributed by atoms with van der Waals surface area (Å²) in [5, 5.41) is 0. The molecule has 0 aliphatic rings. The van der Waals surface area contributed by atoms with E-state index in [1.165, 1.54) is 0 Å². The highest BCUT2D eigenvalue weighted by atomic mass is 16.1. The van der Waals surface area contributed by atoms with Crippen molar-refractivity contribution in [3.8, 4) is 11.5 Å². The van der Waals surface area contributed by atoms with Crippen molar-refractivity contribution >= 4 is 16.9 Å². The highest BCUT2D eigenvalue weighted by Crippen LogP contribution is 2.22. The molecule has 2 heterocycles. The van der Waals surface area contributed by atoms with Gasteiger partial charge in [0.15, 0.2) is 5.82 Å². The van der Waals surface area contributed by atoms with Crippen LogP contribution < -0.4 is 5.73 Å². The zero-order valence-corrected chi connectivity index (χ0v) is 10.2. The molecule has 0 atom stereocenters. The summed E-state index contributed by atoms with van der Waals surface area (Å²) in [4.78, 5) is 20.1. The zero-order valence-electron chi connectivity index (χ0n) is 10.2. The van der Waals surface area contributed by atoms with Crippen LogP contribution in [0.25, 0.3) is 22.6 Å². The molecule has 0 aliphatic heterocycles. The van der Waals surface area contributed by atoms with Crippen molar-refractivity contribution in [2.45, 2.75) is 6.54 Å². The Bertz CT molecular complexity index is 734. The first-order valence-electron chi connectivity index (χ1n) is 5.90. The second-order valence-electron chi connectivity index (χ2n) is 4.19. The quantitative estimate of drug-likeness (QED) is 0.769. The van der Waals surface area contributed by atoms with E-state index in [0.29, 0.717) is 5.82 Å². The Hall–Kier alpha value is -2.69. The SMILES string of the molecule is NC(=O)Cn1c(-c2ccccn2)nc2ccccc21. The maximum Gasteiger partial charge on any atom is 0.237 e. The van der Waals surface area contributed by atoms with E-state index in [1.807, 2.05) is 42.5 Å². The summed E-state index contributed by atoms with van der Waals surface area (Å²) in [7, 11) is 0. The number of aromatic nitrogens is 3. The average molecular weight is 252 g/mol. The van der Waals surface area contributed by atoms with E-state index in [-0.39, 0.29) is 6.54 Å². The van der Waals surface area contributed by atoms with Gasteiger partial charge in [-0.2, -0.15) is 0 Å². The first-order chi connectivity index (χ1) is 9.25. The molecule has 5 heteroatoms. The summed E-state index contributed by atoms with van der Waals surface area (Å²) in [6, 6.07) is 13.2. The summed E-state index contributed by atoms with van der Waals surface area (Å²) < 4.78 is 1.79. The molecule has 1 amide bonds. The van der Waals surface area contributed by atoms with Crippen LogP contribution >= 0.6 is 0 Å². The summed E-state index contributed by atoms with van der Waals surface area (Å²) in [6.07, 6.45) is 1.70. The molecule has 0 saturated heterocycles. The Labute approximate surface area is 109 Å². The standard InChI is InChI=1S/C14H12N4O/c15-13(19)9-18-12-7-2-1-5-10(12)17-14(18)11-6-3-4-8-16-11/h1-8H,9H2,(H2,15,19). The lowest BCUT2D eigenvalue weighted by Gasteiger charge is -2.05. The van der Waals surface area contributed by atoms with Gasteiger partial charge in [-0.05, 0) is 24.3 Å². The third kappa shape index (κ3) is 2.06. The summed E-state index contributed by atoms with van der Waals surface area (Å²) in [5.41, 5.74) is 7.74. The maximum atomic E-state index is 11.2. The lowest BCUT2D eigenvalue weighted by atomic mass is 10.3. The molecule has 2 N–H and O–H groups in total. The number of amides is 1. The van der Waals surface area contributed by atoms with Gasteiger partial charge in [0.2, 0.25) is 5.91 Å². The number of primary amides is 1. The van der Waals surface area contributed by atoms with Crippen LogP contribution in [-0.2, 0) is 11.3 Å². The number of carbonyl (C=O) groups excluding carboxylic acids is 1. The van der Waals surface area contributed by atoms with Gasteiger partial charge < -0.3 is 10.3 Å². The molecule has 0 saturated carbocycles. The minimum absolute atomic E-state index is 0.0897. The molecule has 19 heavy (non-hydrogen) atoms. The Kier molecular flexibility index (Phi) is 2.72. The average Bonchev–Trinajstić information content (AvgIpc) is 2.78. The number of fused-ring (bicyclic) bond motifs is 1. The van der Waals surface area contributed by atoms with Crippen molar-refractivity contribution in [1.82, 2.24) is 14.5 Å². The molecule has 0 aliphatic carbocycles. The molecule has 0 bridgehead atoms. The van der Waals surface area contributed by atoms with Crippen molar-refractivity contribution in [3.63, 3.8) is 0 Å². The molecular weight excluding hydrogens is 240 g/mol. The Morgan fingerprint density at radius 2 is 1.95 bits per heavy atom.